The molecule has 0 fully saturated rings. The Balaban J connectivity index is 2.45. The molecule has 0 atom stereocenters. The highest BCUT2D eigenvalue weighted by Crippen LogP contribution is 2.16. The second-order valence-electron chi connectivity index (χ2n) is 4.37. The molecule has 3 heteroatoms. The van der Waals surface area contributed by atoms with E-state index in [0.29, 0.717) is 11.8 Å². The van der Waals surface area contributed by atoms with Crippen LogP contribution in [0.4, 0.5) is 0 Å². The van der Waals surface area contributed by atoms with Gasteiger partial charge in [-0.15, -0.1) is 0 Å². The van der Waals surface area contributed by atoms with Crippen LogP contribution in [0.2, 0.25) is 0 Å². The molecule has 1 N–H and O–H groups in total. The normalized spacial score (nSPS) is 12.1. The van der Waals surface area contributed by atoms with E-state index in [1.54, 1.807) is 0 Å². The van der Waals surface area contributed by atoms with Gasteiger partial charge in [-0.05, 0) is 4.57 Å². The molecule has 2 aromatic rings. The first-order valence-electron chi connectivity index (χ1n) is 5.12. The number of nitrogens with one attached hydrogen (secondary N) is 1. The summed E-state index contributed by atoms with van der Waals surface area (Å²) in [6.45, 7) is 8.58. The first-order valence-corrected chi connectivity index (χ1v) is 5.12. The van der Waals surface area contributed by atoms with Crippen molar-refractivity contribution in [3.05, 3.63) is 23.7 Å². The number of rotatable bonds is 2. The Bertz CT molecular complexity index is 368. The summed E-state index contributed by atoms with van der Waals surface area (Å²) in [4.78, 5) is 3.34. The largest absolute Gasteiger partial charge is 0.323 e. The number of nitrogens with zero attached hydrogens (tertiary/aromatic N) is 1. The van der Waals surface area contributed by atoms with Crippen LogP contribution in [0.3, 0.4) is 0 Å². The van der Waals surface area contributed by atoms with Crippen molar-refractivity contribution in [1.29, 1.82) is 0 Å². The van der Waals surface area contributed by atoms with Gasteiger partial charge in [-0.2, -0.15) is 0 Å². The molecule has 0 aromatic carbocycles. The van der Waals surface area contributed by atoms with Gasteiger partial charge in [0.1, 0.15) is 5.69 Å². The van der Waals surface area contributed by atoms with Crippen molar-refractivity contribution in [2.45, 2.75) is 39.5 Å². The third kappa shape index (κ3) is 1.43. The maximum absolute atomic E-state index is 5.65. The van der Waals surface area contributed by atoms with Crippen molar-refractivity contribution in [2.24, 2.45) is 0 Å². The summed E-state index contributed by atoms with van der Waals surface area (Å²) < 4.78 is 7.46. The molecule has 0 aliphatic carbocycles. The Hall–Kier alpha value is -1.25. The lowest BCUT2D eigenvalue weighted by atomic mass is 10.1. The number of aromatic amines is 1. The topological polar surface area (TPSA) is 33.0 Å². The third-order valence-electron chi connectivity index (χ3n) is 2.44. The second-order valence-corrected chi connectivity index (χ2v) is 4.37. The highest BCUT2D eigenvalue weighted by atomic mass is 16.5. The lowest BCUT2D eigenvalue weighted by Gasteiger charge is -1.94. The minimum atomic E-state index is 0.436. The average Bonchev–Trinajstić information content (AvgIpc) is 2.57. The number of hydrogen-bond donors (Lipinski definition) is 1. The molecule has 0 unspecified atom stereocenters. The summed E-state index contributed by atoms with van der Waals surface area (Å²) in [7, 11) is 0. The number of aromatic nitrogens is 2. The summed E-state index contributed by atoms with van der Waals surface area (Å²) in [5.74, 6) is 1.96. The van der Waals surface area contributed by atoms with Crippen molar-refractivity contribution in [2.75, 3.05) is 0 Å². The van der Waals surface area contributed by atoms with E-state index in [1.165, 1.54) is 5.69 Å². The lowest BCUT2D eigenvalue weighted by Crippen LogP contribution is -2.13. The number of fused-ring (bicyclic) bond motifs is 1. The van der Waals surface area contributed by atoms with E-state index in [-0.39, 0.29) is 0 Å². The fourth-order valence-corrected chi connectivity index (χ4v) is 1.45. The zero-order valence-corrected chi connectivity index (χ0v) is 9.16. The number of hydrogen-bond acceptors (Lipinski definition) is 1. The molecule has 0 amide bonds. The highest BCUT2D eigenvalue weighted by molar-refractivity contribution is 5.32. The molecular formula is C11H17N2O+. The van der Waals surface area contributed by atoms with Gasteiger partial charge in [0.25, 0.3) is 0 Å². The van der Waals surface area contributed by atoms with E-state index in [1.807, 2.05) is 10.8 Å². The van der Waals surface area contributed by atoms with Gasteiger partial charge >= 0.3 is 5.65 Å². The van der Waals surface area contributed by atoms with Gasteiger partial charge in [-0.3, -0.25) is 0 Å². The fraction of sp³-hybridized carbons (Fsp3) is 0.545. The van der Waals surface area contributed by atoms with Crippen LogP contribution in [0.1, 0.15) is 51.0 Å². The van der Waals surface area contributed by atoms with Crippen molar-refractivity contribution in [3.63, 3.8) is 0 Å². The van der Waals surface area contributed by atoms with Gasteiger partial charge in [0.05, 0.1) is 6.07 Å². The predicted molar refractivity (Wildman–Crippen MR) is 54.4 cm³/mol. The van der Waals surface area contributed by atoms with Crippen LogP contribution in [0, 0.1) is 0 Å². The summed E-state index contributed by atoms with van der Waals surface area (Å²) in [6, 6.07) is 2.07. The molecule has 2 rings (SSSR count). The second kappa shape index (κ2) is 3.15. The van der Waals surface area contributed by atoms with E-state index in [0.717, 1.165) is 11.4 Å². The molecule has 2 heterocycles. The first kappa shape index (κ1) is 9.31. The van der Waals surface area contributed by atoms with Crippen molar-refractivity contribution in [3.8, 4) is 0 Å². The summed E-state index contributed by atoms with van der Waals surface area (Å²) in [5, 5.41) is 0. The molecule has 0 radical (unpaired) electrons. The van der Waals surface area contributed by atoms with E-state index in [2.05, 4.69) is 38.7 Å². The van der Waals surface area contributed by atoms with E-state index < -0.39 is 0 Å². The monoisotopic (exact) mass is 193 g/mol. The minimum absolute atomic E-state index is 0.436. The summed E-state index contributed by atoms with van der Waals surface area (Å²) in [5.41, 5.74) is 2.25. The molecular weight excluding hydrogens is 176 g/mol. The van der Waals surface area contributed by atoms with Crippen LogP contribution in [0.15, 0.2) is 16.8 Å². The average molecular weight is 193 g/mol. The van der Waals surface area contributed by atoms with E-state index in [4.69, 9.17) is 4.52 Å². The fourth-order valence-electron chi connectivity index (χ4n) is 1.45. The molecule has 76 valence electrons. The van der Waals surface area contributed by atoms with Gasteiger partial charge in [0, 0.05) is 11.8 Å². The zero-order chi connectivity index (χ0) is 10.3. The van der Waals surface area contributed by atoms with Crippen LogP contribution in [0.5, 0.6) is 0 Å². The minimum Gasteiger partial charge on any atom is -0.300 e. The molecule has 0 aliphatic rings. The standard InChI is InChI=1S/C11H16N2O/c1-7(2)9-6-13-11(12-9)5-10(14-13)8(3)4/h5-8H,1-4H3/p+1. The Kier molecular flexibility index (Phi) is 2.10. The number of H-pyrrole nitrogens is 1. The van der Waals surface area contributed by atoms with Crippen molar-refractivity contribution >= 4 is 5.65 Å². The van der Waals surface area contributed by atoms with Gasteiger partial charge < -0.3 is 4.52 Å². The van der Waals surface area contributed by atoms with Crippen LogP contribution >= 0.6 is 0 Å². The van der Waals surface area contributed by atoms with Crippen molar-refractivity contribution < 1.29 is 9.10 Å². The highest BCUT2D eigenvalue weighted by Gasteiger charge is 2.18. The van der Waals surface area contributed by atoms with Crippen LogP contribution in [-0.2, 0) is 0 Å². The molecule has 0 aliphatic heterocycles. The van der Waals surface area contributed by atoms with Gasteiger partial charge in [-0.25, -0.2) is 4.98 Å². The Morgan fingerprint density at radius 3 is 2.43 bits per heavy atom. The van der Waals surface area contributed by atoms with E-state index >= 15 is 0 Å². The van der Waals surface area contributed by atoms with E-state index in [9.17, 15) is 0 Å². The lowest BCUT2D eigenvalue weighted by molar-refractivity contribution is -0.717. The maximum Gasteiger partial charge on any atom is 0.323 e. The van der Waals surface area contributed by atoms with Crippen LogP contribution in [-0.4, -0.2) is 4.98 Å². The zero-order valence-electron chi connectivity index (χ0n) is 9.16. The van der Waals surface area contributed by atoms with Crippen LogP contribution < -0.4 is 4.57 Å². The molecule has 0 saturated heterocycles. The Morgan fingerprint density at radius 2 is 1.93 bits per heavy atom. The van der Waals surface area contributed by atoms with Gasteiger partial charge in [0.2, 0.25) is 0 Å². The SMILES string of the molecule is CC(C)c1c[n+]2oc(C(C)C)cc2[nH]1. The number of imidazole rings is 1. The summed E-state index contributed by atoms with van der Waals surface area (Å²) >= 11 is 0. The first-order chi connectivity index (χ1) is 6.58. The van der Waals surface area contributed by atoms with Gasteiger partial charge in [-0.1, -0.05) is 27.7 Å². The Labute approximate surface area is 83.7 Å². The molecule has 0 spiro atoms. The molecule has 0 saturated carbocycles. The smallest absolute Gasteiger partial charge is 0.300 e. The molecule has 0 bridgehead atoms. The molecule has 14 heavy (non-hydrogen) atoms. The predicted octanol–water partition coefficient (Wildman–Crippen LogP) is 2.59. The molecule has 3 nitrogen and oxygen atoms in total. The van der Waals surface area contributed by atoms with Crippen molar-refractivity contribution in [1.82, 2.24) is 4.98 Å². The quantitative estimate of drug-likeness (QED) is 0.731. The Morgan fingerprint density at radius 1 is 1.21 bits per heavy atom. The van der Waals surface area contributed by atoms with Gasteiger partial charge in [0.15, 0.2) is 12.0 Å². The summed E-state index contributed by atoms with van der Waals surface area (Å²) in [6.07, 6.45) is 2.02. The molecule has 2 aromatic heterocycles. The van der Waals surface area contributed by atoms with Crippen LogP contribution in [0.25, 0.3) is 5.65 Å². The maximum atomic E-state index is 5.65. The third-order valence-corrected chi connectivity index (χ3v) is 2.44.